The van der Waals surface area contributed by atoms with Crippen molar-refractivity contribution in [3.05, 3.63) is 237 Å². The zero-order valence-corrected chi connectivity index (χ0v) is 49.2. The summed E-state index contributed by atoms with van der Waals surface area (Å²) in [6.07, 6.45) is 14.4. The lowest BCUT2D eigenvalue weighted by atomic mass is 9.93. The molecule has 10 aromatic rings. The van der Waals surface area contributed by atoms with Gasteiger partial charge in [0.25, 0.3) is 0 Å². The van der Waals surface area contributed by atoms with Crippen molar-refractivity contribution in [1.29, 1.82) is 0 Å². The minimum Gasteiger partial charge on any atom is -0.490 e. The number of benzene rings is 10. The third-order valence-corrected chi connectivity index (χ3v) is 24.2. The summed E-state index contributed by atoms with van der Waals surface area (Å²) in [4.78, 5) is 0. The van der Waals surface area contributed by atoms with E-state index in [0.717, 1.165) is 28.4 Å². The third-order valence-electron chi connectivity index (χ3n) is 15.7. The summed E-state index contributed by atoms with van der Waals surface area (Å²) in [5.74, 6) is 1.91. The predicted molar refractivity (Wildman–Crippen MR) is 348 cm³/mol. The van der Waals surface area contributed by atoms with Crippen LogP contribution in [0.2, 0.25) is 0 Å². The predicted octanol–water partition coefficient (Wildman–Crippen LogP) is 17.9. The highest BCUT2D eigenvalue weighted by Crippen LogP contribution is 2.57. The minimum atomic E-state index is -0.852. The Hall–Kier alpha value is -6.39. The molecule has 0 bridgehead atoms. The van der Waals surface area contributed by atoms with E-state index in [1.54, 1.807) is 5.30 Å². The lowest BCUT2D eigenvalue weighted by Gasteiger charge is -2.39. The van der Waals surface area contributed by atoms with Crippen LogP contribution in [0, 0.1) is 0 Å². The second-order valence-corrected chi connectivity index (χ2v) is 29.0. The Balaban J connectivity index is 0.000000177. The second-order valence-electron chi connectivity index (χ2n) is 21.8. The van der Waals surface area contributed by atoms with Crippen LogP contribution in [0.5, 0.6) is 11.5 Å². The maximum atomic E-state index is 6.37. The van der Waals surface area contributed by atoms with Gasteiger partial charge in [-0.25, -0.2) is 0 Å². The van der Waals surface area contributed by atoms with E-state index in [1.807, 2.05) is 0 Å². The summed E-state index contributed by atoms with van der Waals surface area (Å²) in [6, 6.07) is 87.4. The van der Waals surface area contributed by atoms with Gasteiger partial charge in [0.15, 0.2) is 0 Å². The van der Waals surface area contributed by atoms with Crippen molar-refractivity contribution in [2.45, 2.75) is 115 Å². The van der Waals surface area contributed by atoms with Gasteiger partial charge >= 0.3 is 0 Å². The van der Waals surface area contributed by atoms with Gasteiger partial charge in [0.2, 0.25) is 0 Å². The lowest BCUT2D eigenvalue weighted by Crippen LogP contribution is -2.27. The maximum absolute atomic E-state index is 6.37. The van der Waals surface area contributed by atoms with Crippen molar-refractivity contribution >= 4 is 82.4 Å². The number of hydrogen-bond donors (Lipinski definition) is 0. The van der Waals surface area contributed by atoms with Gasteiger partial charge in [0.1, 0.15) is 11.5 Å². The van der Waals surface area contributed by atoms with Gasteiger partial charge in [0.05, 0.1) is 17.8 Å². The Kier molecular flexibility index (Phi) is 18.1. The van der Waals surface area contributed by atoms with E-state index in [0.29, 0.717) is 0 Å². The van der Waals surface area contributed by atoms with Gasteiger partial charge in [0, 0.05) is 0 Å². The van der Waals surface area contributed by atoms with Gasteiger partial charge in [-0.3, -0.25) is 0 Å². The molecule has 2 fully saturated rings. The van der Waals surface area contributed by atoms with Gasteiger partial charge in [-0.15, -0.1) is 0 Å². The zero-order valence-electron chi connectivity index (χ0n) is 46.6. The van der Waals surface area contributed by atoms with Crippen molar-refractivity contribution < 1.29 is 9.47 Å². The molecular weight excluding hydrogens is 1010 g/mol. The third kappa shape index (κ3) is 12.5. The lowest BCUT2D eigenvalue weighted by molar-refractivity contribution is 0.231. The number of ether oxygens (including phenoxy) is 2. The first kappa shape index (κ1) is 54.6. The maximum Gasteiger partial charge on any atom is 0.131 e. The molecule has 0 unspecified atom stereocenters. The van der Waals surface area contributed by atoms with Crippen LogP contribution >= 0.6 is 23.8 Å². The summed E-state index contributed by atoms with van der Waals surface area (Å²) < 4.78 is 12.7. The summed E-state index contributed by atoms with van der Waals surface area (Å²) >= 11 is 0. The Bertz CT molecular complexity index is 3260. The first-order valence-corrected chi connectivity index (χ1v) is 33.3. The molecule has 12 rings (SSSR count). The fraction of sp³-hybridized carbons (Fsp3) is 0.243. The van der Waals surface area contributed by atoms with E-state index in [9.17, 15) is 0 Å². The monoisotopic (exact) mass is 1090 g/mol. The molecule has 0 saturated heterocycles. The summed E-state index contributed by atoms with van der Waals surface area (Å²) in [5.41, 5.74) is 6.95. The van der Waals surface area contributed by atoms with Crippen molar-refractivity contribution in [2.24, 2.45) is 0 Å². The highest BCUT2D eigenvalue weighted by atomic mass is 31.1. The average molecular weight is 1090 g/mol. The Morgan fingerprint density at radius 1 is 0.316 bits per heavy atom. The van der Waals surface area contributed by atoms with E-state index >= 15 is 0 Å². The molecule has 2 aliphatic carbocycles. The van der Waals surface area contributed by atoms with Crippen LogP contribution in [0.15, 0.2) is 237 Å². The average Bonchev–Trinajstić information content (AvgIpc) is 3.67. The van der Waals surface area contributed by atoms with Crippen LogP contribution in [0.4, 0.5) is 0 Å². The van der Waals surface area contributed by atoms with E-state index < -0.39 is 15.8 Å². The molecule has 0 N–H and O–H groups in total. The van der Waals surface area contributed by atoms with E-state index in [1.165, 1.54) is 134 Å². The Labute approximate surface area is 474 Å². The van der Waals surface area contributed by atoms with Crippen LogP contribution in [0.25, 0.3) is 43.8 Å². The largest absolute Gasteiger partial charge is 0.490 e. The SMILES string of the molecule is CC(C)Oc1cccc(OC(C)C)c1-c1ccccc1P(C1CCCCC1)C1CCCCC1.c1ccc(P(c2ccccc2)c2ccc3ccccc3c2-c2c(P(c3ccccc3)c3ccccc3)ccc3ccccc23)cc1. The standard InChI is InChI=1S/C44H32P2.C30H43O2P/c1-5-19-35(20-6-1)45(36-21-7-2-8-22-36)41-31-29-33-17-13-15-27-39(33)43(41)44-40-28-16-14-18-34(40)30-32-42(44)46(37-23-9-3-10-24-37)38-25-11-4-12-26-38;1-22(2)31-27-19-13-20-28(32-23(3)4)30(27)26-18-11-12-21-29(26)33(24-14-7-5-8-15-24)25-16-9-6-10-17-25/h1-32H;11-13,18-25H,5-10,14-17H2,1-4H3. The Morgan fingerprint density at radius 2 is 0.671 bits per heavy atom. The van der Waals surface area contributed by atoms with Gasteiger partial charge in [-0.2, -0.15) is 0 Å². The number of rotatable bonds is 15. The molecular formula is C74H75O2P3. The molecule has 2 aliphatic rings. The smallest absolute Gasteiger partial charge is 0.131 e. The van der Waals surface area contributed by atoms with Crippen molar-refractivity contribution in [3.63, 3.8) is 0 Å². The fourth-order valence-corrected chi connectivity index (χ4v) is 21.3. The van der Waals surface area contributed by atoms with Gasteiger partial charge in [-0.1, -0.05) is 271 Å². The van der Waals surface area contributed by atoms with Crippen LogP contribution in [0.1, 0.15) is 91.9 Å². The van der Waals surface area contributed by atoms with E-state index in [-0.39, 0.29) is 20.1 Å². The Morgan fingerprint density at radius 3 is 1.06 bits per heavy atom. The molecule has 0 aliphatic heterocycles. The van der Waals surface area contributed by atoms with Crippen LogP contribution in [-0.4, -0.2) is 23.5 Å². The molecule has 398 valence electrons. The molecule has 0 radical (unpaired) electrons. The first-order chi connectivity index (χ1) is 38.9. The highest BCUT2D eigenvalue weighted by Gasteiger charge is 2.35. The molecule has 79 heavy (non-hydrogen) atoms. The molecule has 0 aromatic heterocycles. The molecule has 0 atom stereocenters. The first-order valence-electron chi connectivity index (χ1n) is 29.1. The minimum absolute atomic E-state index is 0.128. The molecule has 0 heterocycles. The quantitative estimate of drug-likeness (QED) is 0.0953. The van der Waals surface area contributed by atoms with Gasteiger partial charge in [-0.05, 0) is 168 Å². The van der Waals surface area contributed by atoms with Crippen molar-refractivity contribution in [1.82, 2.24) is 0 Å². The van der Waals surface area contributed by atoms with Crippen molar-refractivity contribution in [2.75, 3.05) is 0 Å². The van der Waals surface area contributed by atoms with E-state index in [2.05, 4.69) is 264 Å². The molecule has 2 nitrogen and oxygen atoms in total. The zero-order chi connectivity index (χ0) is 53.9. The summed E-state index contributed by atoms with van der Waals surface area (Å²) in [6.45, 7) is 8.45. The van der Waals surface area contributed by atoms with Crippen LogP contribution < -0.4 is 46.6 Å². The van der Waals surface area contributed by atoms with Crippen LogP contribution in [0.3, 0.4) is 0 Å². The topological polar surface area (TPSA) is 18.5 Å². The van der Waals surface area contributed by atoms with Crippen LogP contribution in [-0.2, 0) is 0 Å². The normalized spacial score (nSPS) is 14.3. The number of fused-ring (bicyclic) bond motifs is 2. The molecule has 10 aromatic carbocycles. The summed E-state index contributed by atoms with van der Waals surface area (Å²) in [5, 5.41) is 14.9. The number of hydrogen-bond acceptors (Lipinski definition) is 2. The molecule has 0 spiro atoms. The van der Waals surface area contributed by atoms with Crippen molar-refractivity contribution in [3.8, 4) is 33.8 Å². The highest BCUT2D eigenvalue weighted by molar-refractivity contribution is 7.81. The van der Waals surface area contributed by atoms with E-state index in [4.69, 9.17) is 9.47 Å². The second kappa shape index (κ2) is 26.3. The fourth-order valence-electron chi connectivity index (χ4n) is 12.4. The molecule has 2 saturated carbocycles. The molecule has 0 amide bonds. The molecule has 5 heteroatoms. The van der Waals surface area contributed by atoms with Gasteiger partial charge < -0.3 is 9.47 Å². The summed E-state index contributed by atoms with van der Waals surface area (Å²) in [7, 11) is -1.92.